The van der Waals surface area contributed by atoms with Crippen LogP contribution >= 0.6 is 0 Å². The minimum Gasteiger partial charge on any atom is -0.508 e. The number of aromatic nitrogens is 2. The Labute approximate surface area is 481 Å². The highest BCUT2D eigenvalue weighted by atomic mass is 16.4. The second kappa shape index (κ2) is 32.7. The number of aliphatic carboxylic acids is 2. The predicted molar refractivity (Wildman–Crippen MR) is 303 cm³/mol. The summed E-state index contributed by atoms with van der Waals surface area (Å²) in [5.74, 6) is -11.7. The molecule has 11 atom stereocenters. The number of H-pyrrole nitrogens is 1. The number of amides is 8. The Bertz CT molecular complexity index is 2800. The molecule has 0 unspecified atom stereocenters. The first-order valence-corrected chi connectivity index (χ1v) is 27.4. The van der Waals surface area contributed by atoms with Crippen molar-refractivity contribution in [2.45, 2.75) is 154 Å². The summed E-state index contributed by atoms with van der Waals surface area (Å²) in [5, 5.41) is 60.9. The lowest BCUT2D eigenvalue weighted by Gasteiger charge is -2.30. The Hall–Kier alpha value is -8.71. The van der Waals surface area contributed by atoms with Gasteiger partial charge in [0.2, 0.25) is 47.3 Å². The van der Waals surface area contributed by atoms with E-state index in [4.69, 9.17) is 5.73 Å². The number of hydrogen-bond donors (Lipinski definition) is 14. The SMILES string of the molecule is CC[C@H](C)[C@H](NC(=O)[C@@H](N)Cc1ccccc1)C(=O)N[C@@H](Cc1ccccc1)C(=O)N[C@@H](Cc1cnc[nH]1)C(=O)N[C@H](C(=O)N[C@@H](CCC(=O)O)C(=O)N[C@@H](Cc1ccc(O)cc1)C(=O)N[C@H](C(=O)N[C@H](C(=O)O)C(C)C)C(C)C)[C@@H](C)O. The molecule has 0 aliphatic rings. The van der Waals surface area contributed by atoms with E-state index in [0.29, 0.717) is 23.2 Å². The number of phenols is 1. The van der Waals surface area contributed by atoms with Crippen molar-refractivity contribution in [3.8, 4) is 5.75 Å². The van der Waals surface area contributed by atoms with Crippen LogP contribution in [0.3, 0.4) is 0 Å². The number of aromatic amines is 1. The Balaban J connectivity index is 1.62. The van der Waals surface area contributed by atoms with Gasteiger partial charge in [-0.2, -0.15) is 0 Å². The average Bonchev–Trinajstić information content (AvgIpc) is 3.99. The molecule has 15 N–H and O–H groups in total. The maximum absolute atomic E-state index is 14.6. The molecular weight excluding hydrogens is 1070 g/mol. The Morgan fingerprint density at radius 1 is 0.506 bits per heavy atom. The summed E-state index contributed by atoms with van der Waals surface area (Å²) in [6.45, 7) is 11.1. The van der Waals surface area contributed by atoms with Crippen LogP contribution in [0.2, 0.25) is 0 Å². The van der Waals surface area contributed by atoms with Crippen LogP contribution in [0.4, 0.5) is 0 Å². The molecule has 0 spiro atoms. The minimum atomic E-state index is -1.89. The van der Waals surface area contributed by atoms with Gasteiger partial charge in [-0.25, -0.2) is 9.78 Å². The number of nitrogens with one attached hydrogen (secondary N) is 9. The second-order valence-electron chi connectivity index (χ2n) is 21.2. The molecule has 4 rings (SSSR count). The summed E-state index contributed by atoms with van der Waals surface area (Å²) in [5.41, 5.74) is 8.43. The van der Waals surface area contributed by atoms with Crippen molar-refractivity contribution in [1.82, 2.24) is 52.5 Å². The van der Waals surface area contributed by atoms with Crippen LogP contribution in [-0.2, 0) is 73.6 Å². The molecule has 0 saturated heterocycles. The molecule has 450 valence electrons. The third-order valence-electron chi connectivity index (χ3n) is 13.8. The molecule has 0 radical (unpaired) electrons. The highest BCUT2D eigenvalue weighted by molar-refractivity contribution is 5.98. The first-order valence-electron chi connectivity index (χ1n) is 27.4. The number of carboxylic acid groups (broad SMARTS) is 2. The predicted octanol–water partition coefficient (Wildman–Crippen LogP) is 0.280. The number of nitrogens with two attached hydrogens (primary N) is 1. The molecule has 0 aliphatic heterocycles. The standard InChI is InChI=1S/C58H79N11O14/c1-8-33(6)48(68-50(74)40(59)25-35-15-11-9-12-16-35)56(80)65-42(26-36-17-13-10-14-18-36)52(76)64-44(28-38-29-60-30-61-38)54(78)69-49(34(7)70)57(81)62-41(23-24-45(72)73)51(75)63-43(27-37-19-21-39(71)22-20-37)53(77)66-46(31(2)3)55(79)67-47(32(4)5)58(82)83/h9-22,29-34,40-44,46-49,70-71H,8,23-28,59H2,1-7H3,(H,60,61)(H,62,81)(H,63,75)(H,64,76)(H,65,80)(H,66,77)(H,67,79)(H,68,74)(H,69,78)(H,72,73)(H,82,83)/t33-,34+,40-,41-,42-,43-,44-,46-,47-,48-,49-/m0/s1. The average molecular weight is 1150 g/mol. The van der Waals surface area contributed by atoms with Gasteiger partial charge < -0.3 is 73.7 Å². The molecule has 1 heterocycles. The van der Waals surface area contributed by atoms with Crippen molar-refractivity contribution in [2.75, 3.05) is 0 Å². The van der Waals surface area contributed by atoms with Crippen molar-refractivity contribution < 1.29 is 68.4 Å². The molecular formula is C58H79N11O14. The zero-order chi connectivity index (χ0) is 61.5. The van der Waals surface area contributed by atoms with Crippen LogP contribution in [-0.4, -0.2) is 150 Å². The molecule has 3 aromatic carbocycles. The molecule has 0 fully saturated rings. The number of aromatic hydroxyl groups is 1. The summed E-state index contributed by atoms with van der Waals surface area (Å²) in [4.78, 5) is 144. The first-order chi connectivity index (χ1) is 39.3. The topological polar surface area (TPSA) is 403 Å². The number of benzene rings is 3. The quantitative estimate of drug-likeness (QED) is 0.0305. The molecule has 4 aromatic rings. The van der Waals surface area contributed by atoms with E-state index in [0.717, 1.165) is 12.5 Å². The van der Waals surface area contributed by atoms with Gasteiger partial charge in [0.05, 0.1) is 18.5 Å². The number of hydrogen-bond acceptors (Lipinski definition) is 14. The van der Waals surface area contributed by atoms with E-state index < -0.39 is 150 Å². The zero-order valence-electron chi connectivity index (χ0n) is 47.6. The summed E-state index contributed by atoms with van der Waals surface area (Å²) >= 11 is 0. The fourth-order valence-electron chi connectivity index (χ4n) is 8.69. The summed E-state index contributed by atoms with van der Waals surface area (Å²) in [6, 6.07) is 10.3. The van der Waals surface area contributed by atoms with Crippen molar-refractivity contribution in [1.29, 1.82) is 0 Å². The molecule has 83 heavy (non-hydrogen) atoms. The number of carbonyl (C=O) groups excluding carboxylic acids is 8. The lowest BCUT2D eigenvalue weighted by atomic mass is 9.96. The molecule has 8 amide bonds. The minimum absolute atomic E-state index is 0.0966. The van der Waals surface area contributed by atoms with E-state index in [1.807, 2.05) is 37.3 Å². The number of aliphatic hydroxyl groups excluding tert-OH is 1. The van der Waals surface area contributed by atoms with E-state index in [2.05, 4.69) is 52.5 Å². The van der Waals surface area contributed by atoms with Gasteiger partial charge >= 0.3 is 11.9 Å². The lowest BCUT2D eigenvalue weighted by molar-refractivity contribution is -0.144. The number of nitrogens with zero attached hydrogens (tertiary/aromatic N) is 1. The maximum atomic E-state index is 14.6. The van der Waals surface area contributed by atoms with Crippen LogP contribution in [0.15, 0.2) is 97.5 Å². The van der Waals surface area contributed by atoms with Gasteiger partial charge in [0.15, 0.2) is 0 Å². The number of rotatable bonds is 33. The lowest BCUT2D eigenvalue weighted by Crippen LogP contribution is -2.63. The van der Waals surface area contributed by atoms with Crippen molar-refractivity contribution in [2.24, 2.45) is 23.5 Å². The third-order valence-corrected chi connectivity index (χ3v) is 13.8. The number of aliphatic hydroxyl groups is 1. The number of carbonyl (C=O) groups is 10. The summed E-state index contributed by atoms with van der Waals surface area (Å²) in [7, 11) is 0. The zero-order valence-corrected chi connectivity index (χ0v) is 47.6. The Morgan fingerprint density at radius 2 is 0.928 bits per heavy atom. The van der Waals surface area contributed by atoms with Crippen LogP contribution in [0.5, 0.6) is 5.75 Å². The highest BCUT2D eigenvalue weighted by Gasteiger charge is 2.38. The maximum Gasteiger partial charge on any atom is 0.326 e. The summed E-state index contributed by atoms with van der Waals surface area (Å²) < 4.78 is 0. The molecule has 1 aromatic heterocycles. The third kappa shape index (κ3) is 21.6. The molecule has 0 bridgehead atoms. The van der Waals surface area contributed by atoms with Crippen LogP contribution in [0.25, 0.3) is 0 Å². The molecule has 25 nitrogen and oxygen atoms in total. The van der Waals surface area contributed by atoms with E-state index in [1.54, 1.807) is 65.0 Å². The first kappa shape index (κ1) is 66.8. The van der Waals surface area contributed by atoms with Gasteiger partial charge in [0, 0.05) is 37.6 Å². The van der Waals surface area contributed by atoms with E-state index >= 15 is 0 Å². The van der Waals surface area contributed by atoms with Gasteiger partial charge in [-0.15, -0.1) is 0 Å². The van der Waals surface area contributed by atoms with Crippen molar-refractivity contribution in [3.63, 3.8) is 0 Å². The number of phenolic OH excluding ortho intramolecular Hbond substituents is 1. The number of imidazole rings is 1. The second-order valence-corrected chi connectivity index (χ2v) is 21.2. The van der Waals surface area contributed by atoms with Gasteiger partial charge in [-0.3, -0.25) is 43.2 Å². The van der Waals surface area contributed by atoms with Crippen LogP contribution in [0.1, 0.15) is 90.1 Å². The van der Waals surface area contributed by atoms with E-state index in [-0.39, 0.29) is 31.4 Å². The smallest absolute Gasteiger partial charge is 0.326 e. The fourth-order valence-corrected chi connectivity index (χ4v) is 8.69. The molecule has 25 heteroatoms. The highest BCUT2D eigenvalue weighted by Crippen LogP contribution is 2.16. The normalized spacial score (nSPS) is 15.2. The van der Waals surface area contributed by atoms with Gasteiger partial charge in [0.25, 0.3) is 0 Å². The van der Waals surface area contributed by atoms with Crippen molar-refractivity contribution >= 4 is 59.2 Å². The van der Waals surface area contributed by atoms with E-state index in [9.17, 15) is 68.4 Å². The van der Waals surface area contributed by atoms with Crippen molar-refractivity contribution in [3.05, 3.63) is 120 Å². The monoisotopic (exact) mass is 1150 g/mol. The Morgan fingerprint density at radius 3 is 1.41 bits per heavy atom. The fraction of sp³-hybridized carbons (Fsp3) is 0.466. The van der Waals surface area contributed by atoms with E-state index in [1.165, 1.54) is 36.8 Å². The van der Waals surface area contributed by atoms with Gasteiger partial charge in [-0.1, -0.05) is 121 Å². The van der Waals surface area contributed by atoms with Gasteiger partial charge in [-0.05, 0) is 66.3 Å². The number of carboxylic acids is 2. The molecule has 0 aliphatic carbocycles. The van der Waals surface area contributed by atoms with Crippen LogP contribution in [0, 0.1) is 17.8 Å². The largest absolute Gasteiger partial charge is 0.508 e. The van der Waals surface area contributed by atoms with Gasteiger partial charge in [0.1, 0.15) is 54.1 Å². The Kier molecular flexibility index (Phi) is 26.3. The molecule has 0 saturated carbocycles. The van der Waals surface area contributed by atoms with Crippen LogP contribution < -0.4 is 48.3 Å². The summed E-state index contributed by atoms with van der Waals surface area (Å²) in [6.07, 6.45) is -0.356.